The van der Waals surface area contributed by atoms with E-state index in [0.717, 1.165) is 31.5 Å². The van der Waals surface area contributed by atoms with Gasteiger partial charge in [0.05, 0.1) is 6.20 Å². The van der Waals surface area contributed by atoms with Crippen LogP contribution in [0.4, 0.5) is 4.39 Å². The molecule has 0 radical (unpaired) electrons. The zero-order chi connectivity index (χ0) is 11.1. The Morgan fingerprint density at radius 3 is 2.87 bits per heavy atom. The fourth-order valence-electron chi connectivity index (χ4n) is 1.48. The van der Waals surface area contributed by atoms with Gasteiger partial charge in [0.2, 0.25) is 0 Å². The molecule has 0 spiro atoms. The van der Waals surface area contributed by atoms with Gasteiger partial charge in [0.1, 0.15) is 5.82 Å². The van der Waals surface area contributed by atoms with Crippen molar-refractivity contribution in [1.29, 1.82) is 0 Å². The summed E-state index contributed by atoms with van der Waals surface area (Å²) in [5, 5.41) is 3.34. The Morgan fingerprint density at radius 1 is 1.40 bits per heavy atom. The zero-order valence-corrected chi connectivity index (χ0v) is 9.46. The van der Waals surface area contributed by atoms with Crippen LogP contribution >= 0.6 is 0 Å². The van der Waals surface area contributed by atoms with Crippen LogP contribution in [0.25, 0.3) is 0 Å². The molecule has 0 saturated heterocycles. The van der Waals surface area contributed by atoms with Crippen molar-refractivity contribution >= 4 is 0 Å². The van der Waals surface area contributed by atoms with Crippen LogP contribution in [0.3, 0.4) is 0 Å². The van der Waals surface area contributed by atoms with Crippen LogP contribution in [0.5, 0.6) is 0 Å². The highest BCUT2D eigenvalue weighted by Gasteiger charge is 2.06. The van der Waals surface area contributed by atoms with Crippen LogP contribution in [0.1, 0.15) is 38.2 Å². The molecular weight excluding hydrogens is 191 g/mol. The van der Waals surface area contributed by atoms with Crippen molar-refractivity contribution in [3.8, 4) is 0 Å². The molecular formula is C12H19FN2. The average Bonchev–Trinajstić information content (AvgIpc) is 2.24. The van der Waals surface area contributed by atoms with Crippen molar-refractivity contribution < 1.29 is 4.39 Å². The van der Waals surface area contributed by atoms with Crippen molar-refractivity contribution in [2.45, 2.75) is 32.6 Å². The summed E-state index contributed by atoms with van der Waals surface area (Å²) >= 11 is 0. The minimum Gasteiger partial charge on any atom is -0.317 e. The van der Waals surface area contributed by atoms with E-state index < -0.39 is 0 Å². The van der Waals surface area contributed by atoms with Crippen molar-refractivity contribution in [2.24, 2.45) is 0 Å². The van der Waals surface area contributed by atoms with Gasteiger partial charge < -0.3 is 5.32 Å². The second-order valence-electron chi connectivity index (χ2n) is 3.88. The molecule has 2 nitrogen and oxygen atoms in total. The summed E-state index contributed by atoms with van der Waals surface area (Å²) < 4.78 is 12.9. The lowest BCUT2D eigenvalue weighted by molar-refractivity contribution is 0.579. The first-order valence-corrected chi connectivity index (χ1v) is 5.55. The third-order valence-electron chi connectivity index (χ3n) is 2.48. The number of nitrogens with one attached hydrogen (secondary N) is 1. The molecule has 0 aliphatic rings. The van der Waals surface area contributed by atoms with Crippen molar-refractivity contribution in [1.82, 2.24) is 10.3 Å². The van der Waals surface area contributed by atoms with Crippen LogP contribution in [0, 0.1) is 5.82 Å². The number of hydrogen-bond donors (Lipinski definition) is 1. The van der Waals surface area contributed by atoms with Crippen molar-refractivity contribution in [3.63, 3.8) is 0 Å². The maximum Gasteiger partial charge on any atom is 0.141 e. The lowest BCUT2D eigenvalue weighted by atomic mass is 10.00. The van der Waals surface area contributed by atoms with Gasteiger partial charge in [0.15, 0.2) is 0 Å². The van der Waals surface area contributed by atoms with Crippen LogP contribution < -0.4 is 5.32 Å². The minimum atomic E-state index is -0.249. The van der Waals surface area contributed by atoms with E-state index in [2.05, 4.69) is 24.1 Å². The molecule has 0 amide bonds. The Kier molecular flexibility index (Phi) is 5.26. The van der Waals surface area contributed by atoms with Crippen LogP contribution in [-0.4, -0.2) is 18.1 Å². The van der Waals surface area contributed by atoms with Gasteiger partial charge in [-0.25, -0.2) is 4.39 Å². The fourth-order valence-corrected chi connectivity index (χ4v) is 1.48. The molecule has 1 atom stereocenters. The van der Waals surface area contributed by atoms with E-state index in [1.165, 1.54) is 6.20 Å². The van der Waals surface area contributed by atoms with Crippen LogP contribution in [-0.2, 0) is 0 Å². The standard InChI is InChI=1S/C12H19FN2/c1-3-5-14-6-4-10(2)11-7-12(13)9-15-8-11/h7-10,14H,3-6H2,1-2H3. The summed E-state index contributed by atoms with van der Waals surface area (Å²) in [5.74, 6) is 0.110. The first-order valence-electron chi connectivity index (χ1n) is 5.55. The lowest BCUT2D eigenvalue weighted by Crippen LogP contribution is -2.17. The van der Waals surface area contributed by atoms with E-state index in [9.17, 15) is 4.39 Å². The Hall–Kier alpha value is -0.960. The average molecular weight is 210 g/mol. The van der Waals surface area contributed by atoms with Crippen LogP contribution in [0.2, 0.25) is 0 Å². The van der Waals surface area contributed by atoms with E-state index >= 15 is 0 Å². The molecule has 0 aromatic carbocycles. The predicted octanol–water partition coefficient (Wildman–Crippen LogP) is 2.71. The van der Waals surface area contributed by atoms with Crippen molar-refractivity contribution in [2.75, 3.05) is 13.1 Å². The van der Waals surface area contributed by atoms with Crippen molar-refractivity contribution in [3.05, 3.63) is 29.8 Å². The molecule has 3 heteroatoms. The Morgan fingerprint density at radius 2 is 2.20 bits per heavy atom. The molecule has 1 N–H and O–H groups in total. The number of nitrogens with zero attached hydrogens (tertiary/aromatic N) is 1. The first kappa shape index (κ1) is 12.1. The molecule has 0 aliphatic heterocycles. The molecule has 0 bridgehead atoms. The highest BCUT2D eigenvalue weighted by atomic mass is 19.1. The summed E-state index contributed by atoms with van der Waals surface area (Å²) in [5.41, 5.74) is 0.980. The molecule has 1 heterocycles. The van der Waals surface area contributed by atoms with Gasteiger partial charge in [-0.2, -0.15) is 0 Å². The summed E-state index contributed by atoms with van der Waals surface area (Å²) in [7, 11) is 0. The van der Waals surface area contributed by atoms with E-state index in [-0.39, 0.29) is 5.82 Å². The highest BCUT2D eigenvalue weighted by molar-refractivity contribution is 5.14. The molecule has 0 saturated carbocycles. The Bertz CT molecular complexity index is 289. The van der Waals surface area contributed by atoms with E-state index in [0.29, 0.717) is 5.92 Å². The number of pyridine rings is 1. The predicted molar refractivity (Wildman–Crippen MR) is 60.4 cm³/mol. The maximum atomic E-state index is 12.9. The number of hydrogen-bond acceptors (Lipinski definition) is 2. The smallest absolute Gasteiger partial charge is 0.141 e. The monoisotopic (exact) mass is 210 g/mol. The minimum absolute atomic E-state index is 0.249. The summed E-state index contributed by atoms with van der Waals surface area (Å²) in [4.78, 5) is 3.85. The normalized spacial score (nSPS) is 12.7. The van der Waals surface area contributed by atoms with Gasteiger partial charge in [-0.3, -0.25) is 4.98 Å². The van der Waals surface area contributed by atoms with Crippen LogP contribution in [0.15, 0.2) is 18.5 Å². The molecule has 1 aromatic rings. The molecule has 15 heavy (non-hydrogen) atoms. The van der Waals surface area contributed by atoms with Gasteiger partial charge >= 0.3 is 0 Å². The first-order chi connectivity index (χ1) is 7.24. The van der Waals surface area contributed by atoms with E-state index in [1.54, 1.807) is 12.3 Å². The molecule has 1 unspecified atom stereocenters. The third kappa shape index (κ3) is 4.38. The Labute approximate surface area is 90.9 Å². The van der Waals surface area contributed by atoms with E-state index in [1.807, 2.05) is 0 Å². The second kappa shape index (κ2) is 6.51. The maximum absolute atomic E-state index is 12.9. The Balaban J connectivity index is 2.36. The second-order valence-corrected chi connectivity index (χ2v) is 3.88. The van der Waals surface area contributed by atoms with Gasteiger partial charge in [-0.1, -0.05) is 13.8 Å². The quantitative estimate of drug-likeness (QED) is 0.730. The SMILES string of the molecule is CCCNCCC(C)c1cncc(F)c1. The molecule has 0 fully saturated rings. The molecule has 1 rings (SSSR count). The van der Waals surface area contributed by atoms with Gasteiger partial charge in [-0.05, 0) is 43.5 Å². The number of rotatable bonds is 6. The third-order valence-corrected chi connectivity index (χ3v) is 2.48. The fraction of sp³-hybridized carbons (Fsp3) is 0.583. The number of aromatic nitrogens is 1. The molecule has 0 aliphatic carbocycles. The topological polar surface area (TPSA) is 24.9 Å². The summed E-state index contributed by atoms with van der Waals surface area (Å²) in [6.45, 7) is 6.27. The lowest BCUT2D eigenvalue weighted by Gasteiger charge is -2.11. The number of halogens is 1. The largest absolute Gasteiger partial charge is 0.317 e. The highest BCUT2D eigenvalue weighted by Crippen LogP contribution is 2.17. The van der Waals surface area contributed by atoms with E-state index in [4.69, 9.17) is 0 Å². The molecule has 1 aromatic heterocycles. The van der Waals surface area contributed by atoms with Gasteiger partial charge in [-0.15, -0.1) is 0 Å². The summed E-state index contributed by atoms with van der Waals surface area (Å²) in [6.07, 6.45) is 5.15. The zero-order valence-electron chi connectivity index (χ0n) is 9.46. The summed E-state index contributed by atoms with van der Waals surface area (Å²) in [6, 6.07) is 1.57. The van der Waals surface area contributed by atoms with Gasteiger partial charge in [0, 0.05) is 6.20 Å². The van der Waals surface area contributed by atoms with Gasteiger partial charge in [0.25, 0.3) is 0 Å². The molecule has 84 valence electrons.